The van der Waals surface area contributed by atoms with E-state index in [0.717, 1.165) is 0 Å². The van der Waals surface area contributed by atoms with Crippen LogP contribution >= 0.6 is 0 Å². The Morgan fingerprint density at radius 1 is 0.583 bits per heavy atom. The summed E-state index contributed by atoms with van der Waals surface area (Å²) in [7, 11) is 0. The van der Waals surface area contributed by atoms with Crippen LogP contribution in [0.25, 0.3) is 0 Å². The van der Waals surface area contributed by atoms with Crippen LogP contribution in [0.15, 0.2) is 0 Å². The van der Waals surface area contributed by atoms with Crippen LogP contribution in [-0.4, -0.2) is 56.1 Å². The number of rotatable bonds is 0. The van der Waals surface area contributed by atoms with Gasteiger partial charge >= 0.3 is 0 Å². The third-order valence-corrected chi connectivity index (χ3v) is 2.48. The number of aliphatic hydroxyl groups excluding tert-OH is 5. The second-order valence-electron chi connectivity index (χ2n) is 3.31. The lowest BCUT2D eigenvalue weighted by molar-refractivity contribution is -0.200. The summed E-state index contributed by atoms with van der Waals surface area (Å²) in [4.78, 5) is 0. The molecule has 1 fully saturated rings. The lowest BCUT2D eigenvalue weighted by Crippen LogP contribution is -2.60. The second-order valence-corrected chi connectivity index (χ2v) is 3.31. The first-order chi connectivity index (χ1) is 5.46. The molecule has 0 aromatic rings. The van der Waals surface area contributed by atoms with E-state index in [-0.39, 0.29) is 0 Å². The molecule has 1 saturated carbocycles. The topological polar surface area (TPSA) is 101 Å². The molecule has 0 aliphatic heterocycles. The molecule has 0 bridgehead atoms. The van der Waals surface area contributed by atoms with Crippen molar-refractivity contribution in [2.24, 2.45) is 5.92 Å². The van der Waals surface area contributed by atoms with Gasteiger partial charge in [-0.3, -0.25) is 0 Å². The Kier molecular flexibility index (Phi) is 2.70. The molecule has 1 aliphatic rings. The maximum absolute atomic E-state index is 9.22. The van der Waals surface area contributed by atoms with E-state index in [1.54, 1.807) is 0 Å². The highest BCUT2D eigenvalue weighted by molar-refractivity contribution is 4.96. The molecule has 1 aliphatic carbocycles. The molecule has 5 N–H and O–H groups in total. The average molecular weight is 178 g/mol. The Balaban J connectivity index is 2.76. The highest BCUT2D eigenvalue weighted by atomic mass is 16.4. The number of hydrogen-bond donors (Lipinski definition) is 5. The summed E-state index contributed by atoms with van der Waals surface area (Å²) >= 11 is 0. The van der Waals surface area contributed by atoms with Gasteiger partial charge in [-0.1, -0.05) is 6.92 Å². The molecule has 0 unspecified atom stereocenters. The molecule has 0 spiro atoms. The minimum atomic E-state index is -1.48. The maximum atomic E-state index is 9.22. The van der Waals surface area contributed by atoms with Crippen molar-refractivity contribution in [3.05, 3.63) is 0 Å². The van der Waals surface area contributed by atoms with E-state index in [9.17, 15) is 10.2 Å². The van der Waals surface area contributed by atoms with Gasteiger partial charge < -0.3 is 25.5 Å². The van der Waals surface area contributed by atoms with Gasteiger partial charge in [-0.25, -0.2) is 0 Å². The summed E-state index contributed by atoms with van der Waals surface area (Å²) in [5.74, 6) is -0.640. The fourth-order valence-corrected chi connectivity index (χ4v) is 1.43. The molecule has 72 valence electrons. The van der Waals surface area contributed by atoms with Crippen molar-refractivity contribution in [2.45, 2.75) is 37.4 Å². The Labute approximate surface area is 69.9 Å². The molecule has 0 heterocycles. The first-order valence-electron chi connectivity index (χ1n) is 3.87. The molecule has 0 amide bonds. The van der Waals surface area contributed by atoms with Crippen LogP contribution in [0.5, 0.6) is 0 Å². The lowest BCUT2D eigenvalue weighted by Gasteiger charge is -2.40. The van der Waals surface area contributed by atoms with Crippen LogP contribution in [0, 0.1) is 5.92 Å². The number of aliphatic hydroxyl groups is 5. The lowest BCUT2D eigenvalue weighted by atomic mass is 9.80. The van der Waals surface area contributed by atoms with Crippen LogP contribution < -0.4 is 0 Å². The van der Waals surface area contributed by atoms with Gasteiger partial charge in [-0.2, -0.15) is 0 Å². The van der Waals surface area contributed by atoms with Crippen molar-refractivity contribution in [3.63, 3.8) is 0 Å². The van der Waals surface area contributed by atoms with E-state index >= 15 is 0 Å². The van der Waals surface area contributed by atoms with Crippen LogP contribution in [0.1, 0.15) is 6.92 Å². The summed E-state index contributed by atoms with van der Waals surface area (Å²) in [5, 5.41) is 45.8. The number of hydrogen-bond acceptors (Lipinski definition) is 5. The average Bonchev–Trinajstić information content (AvgIpc) is 2.08. The van der Waals surface area contributed by atoms with E-state index in [1.807, 2.05) is 0 Å². The van der Waals surface area contributed by atoms with Crippen molar-refractivity contribution < 1.29 is 25.5 Å². The first-order valence-corrected chi connectivity index (χ1v) is 3.87. The van der Waals surface area contributed by atoms with Crippen LogP contribution in [0.3, 0.4) is 0 Å². The molecule has 0 saturated heterocycles. The summed E-state index contributed by atoms with van der Waals surface area (Å²) < 4.78 is 0. The summed E-state index contributed by atoms with van der Waals surface area (Å²) in [6.07, 6.45) is -6.65. The molecular weight excluding hydrogens is 164 g/mol. The van der Waals surface area contributed by atoms with Gasteiger partial charge in [0.2, 0.25) is 0 Å². The summed E-state index contributed by atoms with van der Waals surface area (Å²) in [5.41, 5.74) is 0. The molecular formula is C7H14O5. The zero-order valence-corrected chi connectivity index (χ0v) is 6.70. The standard InChI is InChI=1S/C7H14O5/c1-2-3(8)5(10)7(12)6(11)4(2)9/h2-12H,1H3/t2-,3-,4-,5-,6+,7+/m1/s1. The Bertz CT molecular complexity index is 103. The largest absolute Gasteiger partial charge is 0.390 e. The monoisotopic (exact) mass is 178 g/mol. The minimum Gasteiger partial charge on any atom is -0.390 e. The normalized spacial score (nSPS) is 55.5. The molecule has 5 heteroatoms. The minimum absolute atomic E-state index is 0.640. The van der Waals surface area contributed by atoms with Gasteiger partial charge in [-0.05, 0) is 0 Å². The van der Waals surface area contributed by atoms with Crippen molar-refractivity contribution >= 4 is 0 Å². The van der Waals surface area contributed by atoms with Gasteiger partial charge in [-0.15, -0.1) is 0 Å². The molecule has 0 aromatic carbocycles. The quantitative estimate of drug-likeness (QED) is 0.281. The fraction of sp³-hybridized carbons (Fsp3) is 1.00. The third kappa shape index (κ3) is 1.34. The highest BCUT2D eigenvalue weighted by Gasteiger charge is 2.45. The SMILES string of the molecule is C[C@H]1[C@@H](O)[C@H](O)[C@@H](O)[C@H](O)[C@@H]1O. The Morgan fingerprint density at radius 2 is 0.833 bits per heavy atom. The van der Waals surface area contributed by atoms with E-state index in [2.05, 4.69) is 0 Å². The smallest absolute Gasteiger partial charge is 0.111 e. The predicted octanol–water partition coefficient (Wildman–Crippen LogP) is -2.56. The third-order valence-electron chi connectivity index (χ3n) is 2.48. The van der Waals surface area contributed by atoms with Gasteiger partial charge in [0.25, 0.3) is 0 Å². The molecule has 6 atom stereocenters. The van der Waals surface area contributed by atoms with Crippen molar-refractivity contribution in [1.82, 2.24) is 0 Å². The van der Waals surface area contributed by atoms with Crippen LogP contribution in [-0.2, 0) is 0 Å². The fourth-order valence-electron chi connectivity index (χ4n) is 1.43. The second kappa shape index (κ2) is 3.27. The molecule has 12 heavy (non-hydrogen) atoms. The van der Waals surface area contributed by atoms with Gasteiger partial charge in [0.15, 0.2) is 0 Å². The van der Waals surface area contributed by atoms with E-state index in [4.69, 9.17) is 15.3 Å². The van der Waals surface area contributed by atoms with E-state index < -0.39 is 36.4 Å². The maximum Gasteiger partial charge on any atom is 0.111 e. The van der Waals surface area contributed by atoms with Crippen molar-refractivity contribution in [2.75, 3.05) is 0 Å². The highest BCUT2D eigenvalue weighted by Crippen LogP contribution is 2.25. The molecule has 0 radical (unpaired) electrons. The summed E-state index contributed by atoms with van der Waals surface area (Å²) in [6, 6.07) is 0. The van der Waals surface area contributed by atoms with Crippen molar-refractivity contribution in [3.8, 4) is 0 Å². The summed E-state index contributed by atoms with van der Waals surface area (Å²) in [6.45, 7) is 1.49. The van der Waals surface area contributed by atoms with Crippen LogP contribution in [0.4, 0.5) is 0 Å². The van der Waals surface area contributed by atoms with Gasteiger partial charge in [0, 0.05) is 5.92 Å². The van der Waals surface area contributed by atoms with Crippen LogP contribution in [0.2, 0.25) is 0 Å². The molecule has 1 rings (SSSR count). The zero-order chi connectivity index (χ0) is 9.46. The Morgan fingerprint density at radius 3 is 1.17 bits per heavy atom. The van der Waals surface area contributed by atoms with Crippen molar-refractivity contribution in [1.29, 1.82) is 0 Å². The zero-order valence-electron chi connectivity index (χ0n) is 6.70. The van der Waals surface area contributed by atoms with Gasteiger partial charge in [0.05, 0.1) is 12.2 Å². The first kappa shape index (κ1) is 9.88. The van der Waals surface area contributed by atoms with Gasteiger partial charge in [0.1, 0.15) is 18.3 Å². The Hall–Kier alpha value is -0.200. The molecule has 5 nitrogen and oxygen atoms in total. The predicted molar refractivity (Wildman–Crippen MR) is 39.2 cm³/mol. The molecule has 0 aromatic heterocycles. The van der Waals surface area contributed by atoms with E-state index in [1.165, 1.54) is 6.92 Å². The van der Waals surface area contributed by atoms with E-state index in [0.29, 0.717) is 0 Å².